The SMILES string of the molecule is COc1cccc(C(CNC(=O)C2=Cc3ccccc3OC2)N(C)C)c1. The lowest BCUT2D eigenvalue weighted by Gasteiger charge is -2.26. The number of likely N-dealkylation sites (N-methyl/N-ethyl adjacent to an activating group) is 1. The van der Waals surface area contributed by atoms with Crippen molar-refractivity contribution in [3.63, 3.8) is 0 Å². The number of carbonyl (C=O) groups excluding carboxylic acids is 1. The molecule has 1 N–H and O–H groups in total. The van der Waals surface area contributed by atoms with E-state index in [-0.39, 0.29) is 18.6 Å². The van der Waals surface area contributed by atoms with E-state index in [0.29, 0.717) is 12.1 Å². The van der Waals surface area contributed by atoms with E-state index in [0.717, 1.165) is 22.6 Å². The van der Waals surface area contributed by atoms with E-state index in [2.05, 4.69) is 10.2 Å². The van der Waals surface area contributed by atoms with Gasteiger partial charge in [0.2, 0.25) is 0 Å². The molecule has 0 radical (unpaired) electrons. The molecule has 2 aromatic rings. The first-order valence-corrected chi connectivity index (χ1v) is 8.59. The number of methoxy groups -OCH3 is 1. The summed E-state index contributed by atoms with van der Waals surface area (Å²) in [6.07, 6.45) is 1.89. The second kappa shape index (κ2) is 8.06. The Morgan fingerprint density at radius 3 is 2.81 bits per heavy atom. The second-order valence-electron chi connectivity index (χ2n) is 6.46. The molecule has 1 aliphatic rings. The van der Waals surface area contributed by atoms with Gasteiger partial charge in [-0.15, -0.1) is 0 Å². The maximum atomic E-state index is 12.6. The zero-order valence-corrected chi connectivity index (χ0v) is 15.4. The van der Waals surface area contributed by atoms with Crippen molar-refractivity contribution in [3.05, 3.63) is 65.2 Å². The highest BCUT2D eigenvalue weighted by Crippen LogP contribution is 2.26. The van der Waals surface area contributed by atoms with E-state index in [1.54, 1.807) is 7.11 Å². The molecule has 0 saturated carbocycles. The summed E-state index contributed by atoms with van der Waals surface area (Å²) in [5, 5.41) is 3.03. The van der Waals surface area contributed by atoms with Gasteiger partial charge >= 0.3 is 0 Å². The van der Waals surface area contributed by atoms with E-state index >= 15 is 0 Å². The van der Waals surface area contributed by atoms with Crippen LogP contribution < -0.4 is 14.8 Å². The molecule has 0 aromatic heterocycles. The predicted octanol–water partition coefficient (Wildman–Crippen LogP) is 2.89. The van der Waals surface area contributed by atoms with E-state index in [1.165, 1.54) is 0 Å². The Morgan fingerprint density at radius 1 is 1.23 bits per heavy atom. The van der Waals surface area contributed by atoms with Gasteiger partial charge in [0.15, 0.2) is 0 Å². The van der Waals surface area contributed by atoms with Crippen LogP contribution in [-0.2, 0) is 4.79 Å². The minimum absolute atomic E-state index is 0.0476. The Kier molecular flexibility index (Phi) is 5.58. The van der Waals surface area contributed by atoms with Gasteiger partial charge in [-0.25, -0.2) is 0 Å². The van der Waals surface area contributed by atoms with E-state index in [1.807, 2.05) is 68.7 Å². The molecule has 0 saturated heterocycles. The predicted molar refractivity (Wildman–Crippen MR) is 102 cm³/mol. The molecule has 0 fully saturated rings. The number of para-hydroxylation sites is 1. The van der Waals surface area contributed by atoms with Gasteiger partial charge < -0.3 is 19.7 Å². The minimum atomic E-state index is -0.103. The van der Waals surface area contributed by atoms with Crippen LogP contribution in [0.5, 0.6) is 11.5 Å². The summed E-state index contributed by atoms with van der Waals surface area (Å²) in [4.78, 5) is 14.7. The molecule has 1 aliphatic heterocycles. The Hall–Kier alpha value is -2.79. The smallest absolute Gasteiger partial charge is 0.250 e. The summed E-state index contributed by atoms with van der Waals surface area (Å²) in [6, 6.07) is 15.7. The molecule has 2 aromatic carbocycles. The van der Waals surface area contributed by atoms with Crippen molar-refractivity contribution >= 4 is 12.0 Å². The van der Waals surface area contributed by atoms with Crippen molar-refractivity contribution in [1.82, 2.24) is 10.2 Å². The fourth-order valence-corrected chi connectivity index (χ4v) is 3.00. The average Bonchev–Trinajstić information content (AvgIpc) is 2.67. The van der Waals surface area contributed by atoms with Crippen LogP contribution in [0.25, 0.3) is 6.08 Å². The molecule has 1 heterocycles. The number of amides is 1. The van der Waals surface area contributed by atoms with E-state index in [9.17, 15) is 4.79 Å². The number of benzene rings is 2. The van der Waals surface area contributed by atoms with Gasteiger partial charge in [-0.1, -0.05) is 30.3 Å². The molecule has 5 heteroatoms. The largest absolute Gasteiger partial charge is 0.497 e. The van der Waals surface area contributed by atoms with Crippen molar-refractivity contribution in [2.75, 3.05) is 34.4 Å². The number of fused-ring (bicyclic) bond motifs is 1. The number of rotatable bonds is 6. The monoisotopic (exact) mass is 352 g/mol. The van der Waals surface area contributed by atoms with Crippen LogP contribution in [0.4, 0.5) is 0 Å². The van der Waals surface area contributed by atoms with E-state index in [4.69, 9.17) is 9.47 Å². The van der Waals surface area contributed by atoms with Crippen LogP contribution in [-0.4, -0.2) is 45.2 Å². The van der Waals surface area contributed by atoms with E-state index < -0.39 is 0 Å². The highest BCUT2D eigenvalue weighted by Gasteiger charge is 2.20. The van der Waals surface area contributed by atoms with Crippen molar-refractivity contribution in [1.29, 1.82) is 0 Å². The standard InChI is InChI=1S/C21H24N2O3/c1-23(2)19(15-8-6-9-18(12-15)25-3)13-22-21(24)17-11-16-7-4-5-10-20(16)26-14-17/h4-12,19H,13-14H2,1-3H3,(H,22,24). The fourth-order valence-electron chi connectivity index (χ4n) is 3.00. The number of nitrogens with zero attached hydrogens (tertiary/aromatic N) is 1. The van der Waals surface area contributed by atoms with Gasteiger partial charge in [-0.3, -0.25) is 4.79 Å². The Bertz CT molecular complexity index is 814. The molecule has 5 nitrogen and oxygen atoms in total. The molecule has 0 bridgehead atoms. The topological polar surface area (TPSA) is 50.8 Å². The van der Waals surface area contributed by atoms with Crippen molar-refractivity contribution < 1.29 is 14.3 Å². The maximum absolute atomic E-state index is 12.6. The van der Waals surface area contributed by atoms with Crippen LogP contribution in [0.3, 0.4) is 0 Å². The van der Waals surface area contributed by atoms with Gasteiger partial charge in [0.1, 0.15) is 18.1 Å². The van der Waals surface area contributed by atoms with Crippen LogP contribution in [0.1, 0.15) is 17.2 Å². The van der Waals surface area contributed by atoms with Crippen LogP contribution >= 0.6 is 0 Å². The fraction of sp³-hybridized carbons (Fsp3) is 0.286. The second-order valence-corrected chi connectivity index (χ2v) is 6.46. The van der Waals surface area contributed by atoms with Crippen LogP contribution in [0, 0.1) is 0 Å². The summed E-state index contributed by atoms with van der Waals surface area (Å²) in [5.74, 6) is 1.52. The summed E-state index contributed by atoms with van der Waals surface area (Å²) in [5.41, 5.74) is 2.65. The quantitative estimate of drug-likeness (QED) is 0.869. The zero-order chi connectivity index (χ0) is 18.5. The Labute approximate surface area is 154 Å². The van der Waals surface area contributed by atoms with Crippen molar-refractivity contribution in [3.8, 4) is 11.5 Å². The van der Waals surface area contributed by atoms with Crippen LogP contribution in [0.2, 0.25) is 0 Å². The highest BCUT2D eigenvalue weighted by molar-refractivity contribution is 5.99. The third-order valence-electron chi connectivity index (χ3n) is 4.48. The molecule has 26 heavy (non-hydrogen) atoms. The number of hydrogen-bond acceptors (Lipinski definition) is 4. The molecule has 136 valence electrons. The first kappa shape index (κ1) is 18.0. The average molecular weight is 352 g/mol. The lowest BCUT2D eigenvalue weighted by atomic mass is 10.0. The van der Waals surface area contributed by atoms with Crippen molar-refractivity contribution in [2.24, 2.45) is 0 Å². The molecule has 1 amide bonds. The van der Waals surface area contributed by atoms with Gasteiger partial charge in [0.25, 0.3) is 5.91 Å². The normalized spacial score (nSPS) is 14.1. The molecule has 3 rings (SSSR count). The third kappa shape index (κ3) is 4.06. The molecular weight excluding hydrogens is 328 g/mol. The molecular formula is C21H24N2O3. The summed E-state index contributed by atoms with van der Waals surface area (Å²) in [6.45, 7) is 0.784. The first-order chi connectivity index (χ1) is 12.6. The lowest BCUT2D eigenvalue weighted by Crippen LogP contribution is -2.36. The molecule has 0 aliphatic carbocycles. The Morgan fingerprint density at radius 2 is 2.04 bits per heavy atom. The van der Waals surface area contributed by atoms with Gasteiger partial charge in [0.05, 0.1) is 18.7 Å². The van der Waals surface area contributed by atoms with Gasteiger partial charge in [-0.05, 0) is 43.9 Å². The number of carbonyl (C=O) groups is 1. The summed E-state index contributed by atoms with van der Waals surface area (Å²) >= 11 is 0. The van der Waals surface area contributed by atoms with Crippen molar-refractivity contribution in [2.45, 2.75) is 6.04 Å². The summed E-state index contributed by atoms with van der Waals surface area (Å²) in [7, 11) is 5.64. The molecule has 1 atom stereocenters. The molecule has 0 spiro atoms. The first-order valence-electron chi connectivity index (χ1n) is 8.59. The highest BCUT2D eigenvalue weighted by atomic mass is 16.5. The number of nitrogens with one attached hydrogen (secondary N) is 1. The number of hydrogen-bond donors (Lipinski definition) is 1. The summed E-state index contributed by atoms with van der Waals surface area (Å²) < 4.78 is 11.0. The lowest BCUT2D eigenvalue weighted by molar-refractivity contribution is -0.118. The van der Waals surface area contributed by atoms with Gasteiger partial charge in [0, 0.05) is 12.1 Å². The molecule has 1 unspecified atom stereocenters. The van der Waals surface area contributed by atoms with Crippen LogP contribution in [0.15, 0.2) is 54.1 Å². The Balaban J connectivity index is 1.70. The van der Waals surface area contributed by atoms with Gasteiger partial charge in [-0.2, -0.15) is 0 Å². The maximum Gasteiger partial charge on any atom is 0.250 e. The number of ether oxygens (including phenoxy) is 2. The minimum Gasteiger partial charge on any atom is -0.497 e. The zero-order valence-electron chi connectivity index (χ0n) is 15.4. The third-order valence-corrected chi connectivity index (χ3v) is 4.48.